The molecule has 9 rings (SSSR count). The molecule has 4 heteroatoms. The van der Waals surface area contributed by atoms with Crippen molar-refractivity contribution < 1.29 is 0 Å². The fraction of sp³-hybridized carbons (Fsp3) is 0.103. The second-order valence-electron chi connectivity index (χ2n) is 16.2. The molecule has 0 saturated carbocycles. The van der Waals surface area contributed by atoms with Crippen LogP contribution < -0.4 is 0 Å². The third-order valence-corrected chi connectivity index (χ3v) is 11.7. The van der Waals surface area contributed by atoms with Crippen molar-refractivity contribution >= 4 is 46.4 Å². The summed E-state index contributed by atoms with van der Waals surface area (Å²) in [5, 5.41) is 0. The molecule has 0 fully saturated rings. The molecule has 7 aromatic rings. The highest BCUT2D eigenvalue weighted by molar-refractivity contribution is 6.01. The Morgan fingerprint density at radius 2 is 0.645 bits per heavy atom. The lowest BCUT2D eigenvalue weighted by molar-refractivity contribution is 1.25. The first kappa shape index (κ1) is 39.2. The number of aromatic nitrogens is 4. The molecule has 0 saturated heterocycles. The van der Waals surface area contributed by atoms with Crippen molar-refractivity contribution in [2.45, 2.75) is 41.5 Å². The molecule has 0 radical (unpaired) electrons. The maximum Gasteiger partial charge on any atom is 0.0738 e. The van der Waals surface area contributed by atoms with Crippen LogP contribution in [0.2, 0.25) is 0 Å². The number of hydrogen-bond acceptors (Lipinski definition) is 2. The van der Waals surface area contributed by atoms with Crippen LogP contribution in [0.25, 0.3) is 90.9 Å². The monoisotopic (exact) mass is 794 g/mol. The van der Waals surface area contributed by atoms with E-state index in [2.05, 4.69) is 148 Å². The van der Waals surface area contributed by atoms with Gasteiger partial charge in [0.25, 0.3) is 0 Å². The van der Waals surface area contributed by atoms with E-state index in [-0.39, 0.29) is 0 Å². The standard InChI is InChI=1S/C58H42N4/c1-11-39-27-40(12-2)30-43(29-39)55-45-15-19-49(59-45)57(53-35(7)23-33(5)24-36(53)8)51-21-17-47(61-51)56(44-31-41(13-3)28-42(14-4)32-44)48-18-22-52(62-48)58(50-20-16-46(55)60-50)54-37(9)25-34(6)26-38(54)10/h1-4,15-32,59,61H,5-10H3. The van der Waals surface area contributed by atoms with Gasteiger partial charge in [-0.05, 0) is 171 Å². The first-order chi connectivity index (χ1) is 30.0. The molecule has 3 aromatic heterocycles. The summed E-state index contributed by atoms with van der Waals surface area (Å²) in [4.78, 5) is 18.7. The van der Waals surface area contributed by atoms with Crippen LogP contribution >= 0.6 is 0 Å². The second kappa shape index (κ2) is 15.4. The van der Waals surface area contributed by atoms with Crippen molar-refractivity contribution in [1.29, 1.82) is 0 Å². The summed E-state index contributed by atoms with van der Waals surface area (Å²) in [7, 11) is 0. The highest BCUT2D eigenvalue weighted by Gasteiger charge is 2.22. The van der Waals surface area contributed by atoms with E-state index in [1.54, 1.807) is 0 Å². The van der Waals surface area contributed by atoms with Gasteiger partial charge in [0.05, 0.1) is 22.8 Å². The predicted octanol–water partition coefficient (Wildman–Crippen LogP) is 13.1. The number of H-pyrrole nitrogens is 2. The zero-order valence-corrected chi connectivity index (χ0v) is 35.6. The number of nitrogens with zero attached hydrogens (tertiary/aromatic N) is 2. The number of aromatic amines is 2. The number of terminal acetylenes is 4. The van der Waals surface area contributed by atoms with Gasteiger partial charge in [-0.1, -0.05) is 59.1 Å². The van der Waals surface area contributed by atoms with Crippen LogP contribution in [0, 0.1) is 90.9 Å². The van der Waals surface area contributed by atoms with Gasteiger partial charge in [0.15, 0.2) is 0 Å². The van der Waals surface area contributed by atoms with Crippen LogP contribution in [-0.2, 0) is 0 Å². The van der Waals surface area contributed by atoms with Crippen LogP contribution in [0.4, 0.5) is 0 Å². The SMILES string of the molecule is C#Cc1cc(C#C)cc(-c2c3nc(c(-c4c(C)cc(C)cc4C)c4nc(c(-c5cc(C#C)cc(C#C)c5)c5ccc([nH]5)c(-c5c(C)cc(C)cc5C)c5ccc2[nH]5)C=C4)C=C3)c1. The van der Waals surface area contributed by atoms with Crippen LogP contribution in [0.5, 0.6) is 0 Å². The Balaban J connectivity index is 1.53. The highest BCUT2D eigenvalue weighted by atomic mass is 14.8. The zero-order valence-electron chi connectivity index (χ0n) is 35.6. The lowest BCUT2D eigenvalue weighted by Crippen LogP contribution is -1.96. The quantitative estimate of drug-likeness (QED) is 0.174. The van der Waals surface area contributed by atoms with E-state index >= 15 is 0 Å². The topological polar surface area (TPSA) is 57.4 Å². The molecule has 0 aliphatic carbocycles. The number of rotatable bonds is 4. The largest absolute Gasteiger partial charge is 0.354 e. The minimum Gasteiger partial charge on any atom is -0.354 e. The zero-order chi connectivity index (χ0) is 43.4. The molecular formula is C58H42N4. The summed E-state index contributed by atoms with van der Waals surface area (Å²) in [5.74, 6) is 11.3. The summed E-state index contributed by atoms with van der Waals surface area (Å²) < 4.78 is 0. The molecule has 4 nitrogen and oxygen atoms in total. The summed E-state index contributed by atoms with van der Waals surface area (Å²) >= 11 is 0. The minimum absolute atomic E-state index is 0.687. The molecular weight excluding hydrogens is 753 g/mol. The number of fused-ring (bicyclic) bond motifs is 8. The predicted molar refractivity (Wildman–Crippen MR) is 261 cm³/mol. The van der Waals surface area contributed by atoms with Crippen LogP contribution in [0.3, 0.4) is 0 Å². The van der Waals surface area contributed by atoms with E-state index in [9.17, 15) is 0 Å². The van der Waals surface area contributed by atoms with Crippen LogP contribution in [0.1, 0.15) is 78.4 Å². The maximum atomic E-state index is 6.03. The molecule has 62 heavy (non-hydrogen) atoms. The van der Waals surface area contributed by atoms with Gasteiger partial charge < -0.3 is 9.97 Å². The molecule has 2 N–H and O–H groups in total. The van der Waals surface area contributed by atoms with Crippen molar-refractivity contribution in [3.05, 3.63) is 163 Å². The first-order valence-corrected chi connectivity index (χ1v) is 20.5. The average molecular weight is 795 g/mol. The Bertz CT molecular complexity index is 3230. The molecule has 5 heterocycles. The smallest absolute Gasteiger partial charge is 0.0738 e. The number of nitrogens with one attached hydrogen (secondary N) is 2. The maximum absolute atomic E-state index is 6.03. The Morgan fingerprint density at radius 1 is 0.355 bits per heavy atom. The van der Waals surface area contributed by atoms with Gasteiger partial charge in [0, 0.05) is 66.6 Å². The van der Waals surface area contributed by atoms with Gasteiger partial charge in [-0.15, -0.1) is 25.7 Å². The van der Waals surface area contributed by atoms with Gasteiger partial charge in [-0.3, -0.25) is 0 Å². The molecule has 2 aliphatic heterocycles. The molecule has 0 atom stereocenters. The Kier molecular flexibility index (Phi) is 9.73. The summed E-state index contributed by atoms with van der Waals surface area (Å²) in [6, 6.07) is 29.1. The van der Waals surface area contributed by atoms with E-state index in [0.29, 0.717) is 22.3 Å². The summed E-state index contributed by atoms with van der Waals surface area (Å²) in [6.07, 6.45) is 32.4. The number of hydrogen-bond donors (Lipinski definition) is 2. The Labute approximate surface area is 363 Å². The van der Waals surface area contributed by atoms with Gasteiger partial charge >= 0.3 is 0 Å². The molecule has 8 bridgehead atoms. The third kappa shape index (κ3) is 6.82. The highest BCUT2D eigenvalue weighted by Crippen LogP contribution is 2.41. The van der Waals surface area contributed by atoms with Crippen molar-refractivity contribution in [2.24, 2.45) is 0 Å². The van der Waals surface area contributed by atoms with E-state index in [1.165, 1.54) is 11.1 Å². The average Bonchev–Trinajstić information content (AvgIpc) is 4.10. The second-order valence-corrected chi connectivity index (χ2v) is 16.2. The summed E-state index contributed by atoms with van der Waals surface area (Å²) in [6.45, 7) is 12.9. The van der Waals surface area contributed by atoms with Gasteiger partial charge in [-0.2, -0.15) is 0 Å². The van der Waals surface area contributed by atoms with Gasteiger partial charge in [-0.25, -0.2) is 9.97 Å². The van der Waals surface area contributed by atoms with Crippen molar-refractivity contribution in [1.82, 2.24) is 19.9 Å². The van der Waals surface area contributed by atoms with Gasteiger partial charge in [0.2, 0.25) is 0 Å². The molecule has 0 unspecified atom stereocenters. The fourth-order valence-corrected chi connectivity index (χ4v) is 9.37. The third-order valence-electron chi connectivity index (χ3n) is 11.7. The Hall–Kier alpha value is -8.28. The van der Waals surface area contributed by atoms with Crippen molar-refractivity contribution in [2.75, 3.05) is 0 Å². The molecule has 294 valence electrons. The van der Waals surface area contributed by atoms with Gasteiger partial charge in [0.1, 0.15) is 0 Å². The molecule has 4 aromatic carbocycles. The Morgan fingerprint density at radius 3 is 0.968 bits per heavy atom. The number of aryl methyl sites for hydroxylation is 6. The minimum atomic E-state index is 0.687. The lowest BCUT2D eigenvalue weighted by Gasteiger charge is -2.14. The van der Waals surface area contributed by atoms with E-state index in [0.717, 1.165) is 112 Å². The first-order valence-electron chi connectivity index (χ1n) is 20.5. The normalized spacial score (nSPS) is 11.5. The molecule has 2 aliphatic rings. The summed E-state index contributed by atoms with van der Waals surface area (Å²) in [5.41, 5.74) is 23.9. The fourth-order valence-electron chi connectivity index (χ4n) is 9.37. The van der Waals surface area contributed by atoms with E-state index < -0.39 is 0 Å². The van der Waals surface area contributed by atoms with E-state index in [1.807, 2.05) is 36.4 Å². The molecule has 0 amide bonds. The van der Waals surface area contributed by atoms with Crippen LogP contribution in [-0.4, -0.2) is 19.9 Å². The van der Waals surface area contributed by atoms with Crippen molar-refractivity contribution in [3.8, 4) is 93.9 Å². The van der Waals surface area contributed by atoms with Crippen molar-refractivity contribution in [3.63, 3.8) is 0 Å². The van der Waals surface area contributed by atoms with Crippen LogP contribution in [0.15, 0.2) is 84.9 Å². The van der Waals surface area contributed by atoms with E-state index in [4.69, 9.17) is 35.7 Å². The molecule has 0 spiro atoms. The lowest BCUT2D eigenvalue weighted by atomic mass is 9.92. The number of benzene rings is 4.